The Kier molecular flexibility index (Phi) is 2.21. The number of halogens is 1. The Balaban J connectivity index is 2.45. The number of H-pyrrole nitrogens is 1. The average molecular weight is 204 g/mol. The van der Waals surface area contributed by atoms with Crippen LogP contribution in [0.3, 0.4) is 0 Å². The zero-order valence-corrected chi connectivity index (χ0v) is 7.92. The molecule has 1 aromatic carbocycles. The maximum Gasteiger partial charge on any atom is 0.138 e. The van der Waals surface area contributed by atoms with Gasteiger partial charge in [-0.2, -0.15) is 5.26 Å². The minimum absolute atomic E-state index is 0.444. The van der Waals surface area contributed by atoms with E-state index in [1.165, 1.54) is 6.20 Å². The number of imidazole rings is 1. The summed E-state index contributed by atoms with van der Waals surface area (Å²) in [5, 5.41) is 9.26. The lowest BCUT2D eigenvalue weighted by Gasteiger charge is -1.96. The Morgan fingerprint density at radius 3 is 2.93 bits per heavy atom. The van der Waals surface area contributed by atoms with E-state index in [-0.39, 0.29) is 0 Å². The van der Waals surface area contributed by atoms with E-state index >= 15 is 0 Å². The normalized spacial score (nSPS) is 9.71. The summed E-state index contributed by atoms with van der Waals surface area (Å²) in [5.41, 5.74) is 1.32. The first kappa shape index (κ1) is 8.79. The lowest BCUT2D eigenvalue weighted by molar-refractivity contribution is 1.29. The molecular formula is C10H6ClN3. The SMILES string of the molecule is N#Cc1cnc(-c2cccc(Cl)c2)[nH]1. The number of nitrogens with zero attached hydrogens (tertiary/aromatic N) is 2. The Morgan fingerprint density at radius 1 is 1.43 bits per heavy atom. The van der Waals surface area contributed by atoms with Crippen LogP contribution >= 0.6 is 11.6 Å². The third-order valence-corrected chi connectivity index (χ3v) is 2.03. The molecule has 1 N–H and O–H groups in total. The summed E-state index contributed by atoms with van der Waals surface area (Å²) in [4.78, 5) is 6.94. The van der Waals surface area contributed by atoms with Gasteiger partial charge in [-0.05, 0) is 12.1 Å². The molecule has 0 aliphatic heterocycles. The van der Waals surface area contributed by atoms with E-state index in [1.807, 2.05) is 18.2 Å². The fraction of sp³-hybridized carbons (Fsp3) is 0. The Bertz CT molecular complexity index is 496. The molecule has 0 saturated carbocycles. The maximum absolute atomic E-state index is 8.61. The summed E-state index contributed by atoms with van der Waals surface area (Å²) < 4.78 is 0. The molecule has 0 aliphatic rings. The lowest BCUT2D eigenvalue weighted by Crippen LogP contribution is -1.80. The number of aromatic nitrogens is 2. The van der Waals surface area contributed by atoms with E-state index in [0.29, 0.717) is 16.5 Å². The van der Waals surface area contributed by atoms with Crippen LogP contribution in [0.5, 0.6) is 0 Å². The molecule has 1 aromatic heterocycles. The van der Waals surface area contributed by atoms with Crippen LogP contribution in [0.1, 0.15) is 5.69 Å². The van der Waals surface area contributed by atoms with Crippen molar-refractivity contribution in [3.63, 3.8) is 0 Å². The molecule has 1 heterocycles. The number of hydrogen-bond donors (Lipinski definition) is 1. The van der Waals surface area contributed by atoms with Gasteiger partial charge in [0.2, 0.25) is 0 Å². The molecule has 0 saturated heterocycles. The first-order valence-corrected chi connectivity index (χ1v) is 4.38. The third kappa shape index (κ3) is 1.61. The second-order valence-corrected chi connectivity index (χ2v) is 3.20. The molecule has 0 fully saturated rings. The average Bonchev–Trinajstić information content (AvgIpc) is 2.66. The van der Waals surface area contributed by atoms with Gasteiger partial charge in [-0.15, -0.1) is 0 Å². The molecular weight excluding hydrogens is 198 g/mol. The van der Waals surface area contributed by atoms with Crippen molar-refractivity contribution in [2.45, 2.75) is 0 Å². The molecule has 0 amide bonds. The number of aromatic amines is 1. The predicted molar refractivity (Wildman–Crippen MR) is 53.7 cm³/mol. The summed E-state index contributed by atoms with van der Waals surface area (Å²) in [5.74, 6) is 0.657. The van der Waals surface area contributed by atoms with Crippen molar-refractivity contribution in [2.24, 2.45) is 0 Å². The predicted octanol–water partition coefficient (Wildman–Crippen LogP) is 2.60. The van der Waals surface area contributed by atoms with Crippen LogP contribution in [-0.4, -0.2) is 9.97 Å². The summed E-state index contributed by atoms with van der Waals surface area (Å²) in [6.45, 7) is 0. The fourth-order valence-corrected chi connectivity index (χ4v) is 1.35. The largest absolute Gasteiger partial charge is 0.330 e. The number of hydrogen-bond acceptors (Lipinski definition) is 2. The Morgan fingerprint density at radius 2 is 2.29 bits per heavy atom. The van der Waals surface area contributed by atoms with Crippen LogP contribution in [0.15, 0.2) is 30.5 Å². The van der Waals surface area contributed by atoms with Gasteiger partial charge >= 0.3 is 0 Å². The van der Waals surface area contributed by atoms with Crippen LogP contribution in [0.2, 0.25) is 5.02 Å². The first-order valence-electron chi connectivity index (χ1n) is 4.00. The molecule has 2 aromatic rings. The van der Waals surface area contributed by atoms with E-state index < -0.39 is 0 Å². The van der Waals surface area contributed by atoms with Crippen molar-refractivity contribution in [3.05, 3.63) is 41.2 Å². The van der Waals surface area contributed by atoms with Crippen LogP contribution in [0, 0.1) is 11.3 Å². The highest BCUT2D eigenvalue weighted by atomic mass is 35.5. The fourth-order valence-electron chi connectivity index (χ4n) is 1.16. The topological polar surface area (TPSA) is 52.5 Å². The van der Waals surface area contributed by atoms with Crippen LogP contribution in [-0.2, 0) is 0 Å². The molecule has 0 radical (unpaired) electrons. The van der Waals surface area contributed by atoms with Gasteiger partial charge in [0.25, 0.3) is 0 Å². The molecule has 2 rings (SSSR count). The third-order valence-electron chi connectivity index (χ3n) is 1.79. The zero-order chi connectivity index (χ0) is 9.97. The quantitative estimate of drug-likeness (QED) is 0.775. The second kappa shape index (κ2) is 3.52. The monoisotopic (exact) mass is 203 g/mol. The standard InChI is InChI=1S/C10H6ClN3/c11-8-3-1-2-7(4-8)10-13-6-9(5-12)14-10/h1-4,6H,(H,13,14). The summed E-state index contributed by atoms with van der Waals surface area (Å²) in [6, 6.07) is 9.29. The molecule has 0 aliphatic carbocycles. The molecule has 0 unspecified atom stereocenters. The molecule has 3 nitrogen and oxygen atoms in total. The number of nitrogens with one attached hydrogen (secondary N) is 1. The van der Waals surface area contributed by atoms with Gasteiger partial charge in [-0.25, -0.2) is 4.98 Å². The van der Waals surface area contributed by atoms with Gasteiger partial charge in [0, 0.05) is 10.6 Å². The van der Waals surface area contributed by atoms with Gasteiger partial charge in [0.15, 0.2) is 0 Å². The summed E-state index contributed by atoms with van der Waals surface area (Å²) in [6.07, 6.45) is 1.50. The van der Waals surface area contributed by atoms with E-state index in [4.69, 9.17) is 16.9 Å². The highest BCUT2D eigenvalue weighted by Crippen LogP contribution is 2.19. The Hall–Kier alpha value is -1.79. The van der Waals surface area contributed by atoms with Crippen LogP contribution in [0.4, 0.5) is 0 Å². The highest BCUT2D eigenvalue weighted by molar-refractivity contribution is 6.30. The van der Waals surface area contributed by atoms with Crippen molar-refractivity contribution >= 4 is 11.6 Å². The number of nitriles is 1. The lowest BCUT2D eigenvalue weighted by atomic mass is 10.2. The van der Waals surface area contributed by atoms with Gasteiger partial charge < -0.3 is 4.98 Å². The molecule has 0 bridgehead atoms. The van der Waals surface area contributed by atoms with Gasteiger partial charge in [0.1, 0.15) is 17.6 Å². The highest BCUT2D eigenvalue weighted by Gasteiger charge is 2.02. The minimum Gasteiger partial charge on any atom is -0.330 e. The zero-order valence-electron chi connectivity index (χ0n) is 7.16. The van der Waals surface area contributed by atoms with Crippen LogP contribution < -0.4 is 0 Å². The Labute approximate surface area is 86.0 Å². The van der Waals surface area contributed by atoms with Crippen molar-refractivity contribution in [3.8, 4) is 17.5 Å². The van der Waals surface area contributed by atoms with Gasteiger partial charge in [-0.1, -0.05) is 23.7 Å². The van der Waals surface area contributed by atoms with Crippen molar-refractivity contribution < 1.29 is 0 Å². The van der Waals surface area contributed by atoms with Gasteiger partial charge in [-0.3, -0.25) is 0 Å². The smallest absolute Gasteiger partial charge is 0.138 e. The van der Waals surface area contributed by atoms with Crippen molar-refractivity contribution in [1.82, 2.24) is 9.97 Å². The van der Waals surface area contributed by atoms with Crippen molar-refractivity contribution in [2.75, 3.05) is 0 Å². The molecule has 0 spiro atoms. The molecule has 4 heteroatoms. The number of rotatable bonds is 1. The van der Waals surface area contributed by atoms with E-state index in [9.17, 15) is 0 Å². The summed E-state index contributed by atoms with van der Waals surface area (Å²) in [7, 11) is 0. The van der Waals surface area contributed by atoms with E-state index in [1.54, 1.807) is 12.1 Å². The molecule has 14 heavy (non-hydrogen) atoms. The minimum atomic E-state index is 0.444. The maximum atomic E-state index is 8.61. The van der Waals surface area contributed by atoms with Crippen LogP contribution in [0.25, 0.3) is 11.4 Å². The molecule has 0 atom stereocenters. The second-order valence-electron chi connectivity index (χ2n) is 2.77. The van der Waals surface area contributed by atoms with E-state index in [2.05, 4.69) is 9.97 Å². The van der Waals surface area contributed by atoms with Crippen molar-refractivity contribution in [1.29, 1.82) is 5.26 Å². The molecule has 68 valence electrons. The van der Waals surface area contributed by atoms with Gasteiger partial charge in [0.05, 0.1) is 6.20 Å². The number of benzene rings is 1. The van der Waals surface area contributed by atoms with E-state index in [0.717, 1.165) is 5.56 Å². The summed E-state index contributed by atoms with van der Waals surface area (Å²) >= 11 is 5.83. The first-order chi connectivity index (χ1) is 6.79.